The van der Waals surface area contributed by atoms with Crippen molar-refractivity contribution >= 4 is 34.7 Å². The van der Waals surface area contributed by atoms with Gasteiger partial charge in [-0.3, -0.25) is 8.51 Å². The van der Waals surface area contributed by atoms with Crippen molar-refractivity contribution in [1.29, 1.82) is 0 Å². The van der Waals surface area contributed by atoms with Crippen molar-refractivity contribution in [3.8, 4) is 0 Å². The van der Waals surface area contributed by atoms with Crippen LogP contribution >= 0.6 is 11.6 Å². The molecule has 1 aromatic rings. The van der Waals surface area contributed by atoms with Crippen LogP contribution in [0.4, 0.5) is 5.82 Å². The molecule has 8 heteroatoms. The smallest absolute Gasteiger partial charge is 0.338 e. The fourth-order valence-corrected chi connectivity index (χ4v) is 1.41. The Kier molecular flexibility index (Phi) is 4.22. The van der Waals surface area contributed by atoms with Gasteiger partial charge in [0.15, 0.2) is 0 Å². The minimum Gasteiger partial charge on any atom is -0.755 e. The molecular formula is C8H8ClN2O4S-. The summed E-state index contributed by atoms with van der Waals surface area (Å²) in [7, 11) is 2.49. The molecule has 1 heterocycles. The van der Waals surface area contributed by atoms with E-state index in [1.54, 1.807) is 0 Å². The van der Waals surface area contributed by atoms with E-state index < -0.39 is 17.2 Å². The van der Waals surface area contributed by atoms with E-state index in [0.717, 1.165) is 4.31 Å². The number of carbonyl (C=O) groups excluding carboxylic acids is 1. The summed E-state index contributed by atoms with van der Waals surface area (Å²) in [5.74, 6) is -0.572. The highest BCUT2D eigenvalue weighted by molar-refractivity contribution is 7.80. The summed E-state index contributed by atoms with van der Waals surface area (Å²) in [6, 6.07) is 2.56. The van der Waals surface area contributed by atoms with Crippen LogP contribution in [-0.2, 0) is 16.0 Å². The SMILES string of the molecule is COC(=O)c1cc(Cl)nc(N(C)S(=O)[O-])c1. The van der Waals surface area contributed by atoms with Crippen molar-refractivity contribution < 1.29 is 18.3 Å². The molecule has 1 aromatic heterocycles. The summed E-state index contributed by atoms with van der Waals surface area (Å²) in [6.45, 7) is 0. The average molecular weight is 264 g/mol. The van der Waals surface area contributed by atoms with Crippen LogP contribution in [0.2, 0.25) is 5.15 Å². The van der Waals surface area contributed by atoms with Gasteiger partial charge in [-0.15, -0.1) is 0 Å². The van der Waals surface area contributed by atoms with E-state index in [9.17, 15) is 13.6 Å². The van der Waals surface area contributed by atoms with Crippen molar-refractivity contribution in [2.75, 3.05) is 18.5 Å². The summed E-state index contributed by atoms with van der Waals surface area (Å²) in [4.78, 5) is 15.0. The van der Waals surface area contributed by atoms with Gasteiger partial charge in [-0.25, -0.2) is 9.78 Å². The molecule has 0 bridgehead atoms. The van der Waals surface area contributed by atoms with E-state index in [4.69, 9.17) is 11.6 Å². The third kappa shape index (κ3) is 2.91. The van der Waals surface area contributed by atoms with Crippen LogP contribution < -0.4 is 4.31 Å². The molecule has 0 spiro atoms. The highest BCUT2D eigenvalue weighted by Crippen LogP contribution is 2.18. The number of nitrogens with zero attached hydrogens (tertiary/aromatic N) is 2. The summed E-state index contributed by atoms with van der Waals surface area (Å²) < 4.78 is 26.7. The molecule has 1 rings (SSSR count). The largest absolute Gasteiger partial charge is 0.755 e. The molecule has 0 aliphatic carbocycles. The van der Waals surface area contributed by atoms with Gasteiger partial charge < -0.3 is 9.29 Å². The standard InChI is InChI=1S/C8H9ClN2O4S/c1-11(16(13)14)7-4-5(8(12)15-2)3-6(9)10-7/h3-4H,1-2H3,(H,13,14)/p-1. The van der Waals surface area contributed by atoms with Crippen molar-refractivity contribution in [3.05, 3.63) is 22.8 Å². The van der Waals surface area contributed by atoms with Gasteiger partial charge in [-0.2, -0.15) is 0 Å². The number of hydrogen-bond acceptors (Lipinski definition) is 5. The molecule has 0 N–H and O–H groups in total. The number of ether oxygens (including phenoxy) is 1. The topological polar surface area (TPSA) is 82.6 Å². The van der Waals surface area contributed by atoms with Gasteiger partial charge in [0, 0.05) is 18.3 Å². The van der Waals surface area contributed by atoms with Crippen LogP contribution in [-0.4, -0.2) is 33.9 Å². The second kappa shape index (κ2) is 5.24. The van der Waals surface area contributed by atoms with E-state index in [1.807, 2.05) is 0 Å². The number of anilines is 1. The molecule has 16 heavy (non-hydrogen) atoms. The minimum absolute atomic E-state index is 0.00944. The summed E-state index contributed by atoms with van der Waals surface area (Å²) in [6.07, 6.45) is 0. The Morgan fingerprint density at radius 3 is 2.75 bits per heavy atom. The molecule has 0 aliphatic heterocycles. The van der Waals surface area contributed by atoms with Gasteiger partial charge >= 0.3 is 5.97 Å². The van der Waals surface area contributed by atoms with Crippen LogP contribution in [0, 0.1) is 0 Å². The summed E-state index contributed by atoms with van der Waals surface area (Å²) >= 11 is 3.17. The maximum absolute atomic E-state index is 11.2. The third-order valence-electron chi connectivity index (χ3n) is 1.75. The summed E-state index contributed by atoms with van der Waals surface area (Å²) in [5, 5.41) is 0.00944. The number of methoxy groups -OCH3 is 1. The zero-order chi connectivity index (χ0) is 12.3. The molecule has 6 nitrogen and oxygen atoms in total. The molecule has 0 radical (unpaired) electrons. The fourth-order valence-electron chi connectivity index (χ4n) is 0.956. The van der Waals surface area contributed by atoms with E-state index in [-0.39, 0.29) is 16.5 Å². The second-order valence-corrected chi connectivity index (χ2v) is 4.11. The number of carbonyl (C=O) groups is 1. The first-order valence-corrected chi connectivity index (χ1v) is 5.45. The normalized spacial score (nSPS) is 12.0. The minimum atomic E-state index is -2.48. The lowest BCUT2D eigenvalue weighted by Gasteiger charge is -2.20. The van der Waals surface area contributed by atoms with Crippen LogP contribution in [0.25, 0.3) is 0 Å². The van der Waals surface area contributed by atoms with Gasteiger partial charge in [-0.1, -0.05) is 11.6 Å². The fraction of sp³-hybridized carbons (Fsp3) is 0.250. The van der Waals surface area contributed by atoms with Gasteiger partial charge in [0.1, 0.15) is 11.0 Å². The van der Waals surface area contributed by atoms with Crippen LogP contribution in [0.3, 0.4) is 0 Å². The first kappa shape index (κ1) is 12.9. The van der Waals surface area contributed by atoms with Crippen LogP contribution in [0.15, 0.2) is 12.1 Å². The molecule has 0 saturated carbocycles. The quantitative estimate of drug-likeness (QED) is 0.457. The third-order valence-corrected chi connectivity index (χ3v) is 2.58. The maximum atomic E-state index is 11.2. The molecule has 1 unspecified atom stereocenters. The number of rotatable bonds is 3. The zero-order valence-corrected chi connectivity index (χ0v) is 10.0. The predicted octanol–water partition coefficient (Wildman–Crippen LogP) is 0.752. The summed E-state index contributed by atoms with van der Waals surface area (Å²) in [5.41, 5.74) is 0.134. The number of pyridine rings is 1. The van der Waals surface area contributed by atoms with Crippen molar-refractivity contribution in [3.63, 3.8) is 0 Å². The highest BCUT2D eigenvalue weighted by atomic mass is 35.5. The molecule has 88 valence electrons. The number of hydrogen-bond donors (Lipinski definition) is 0. The Labute approximate surface area is 99.6 Å². The highest BCUT2D eigenvalue weighted by Gasteiger charge is 2.12. The van der Waals surface area contributed by atoms with Gasteiger partial charge in [0.05, 0.1) is 12.7 Å². The average Bonchev–Trinajstić information content (AvgIpc) is 2.25. The van der Waals surface area contributed by atoms with E-state index in [2.05, 4.69) is 9.72 Å². The van der Waals surface area contributed by atoms with Gasteiger partial charge in [0.2, 0.25) is 0 Å². The van der Waals surface area contributed by atoms with Crippen molar-refractivity contribution in [1.82, 2.24) is 4.98 Å². The van der Waals surface area contributed by atoms with E-state index in [1.165, 1.54) is 26.3 Å². The lowest BCUT2D eigenvalue weighted by Crippen LogP contribution is -2.21. The van der Waals surface area contributed by atoms with Crippen LogP contribution in [0.5, 0.6) is 0 Å². The van der Waals surface area contributed by atoms with Gasteiger partial charge in [0.25, 0.3) is 0 Å². The van der Waals surface area contributed by atoms with Crippen molar-refractivity contribution in [2.45, 2.75) is 0 Å². The zero-order valence-electron chi connectivity index (χ0n) is 8.47. The molecule has 0 aromatic carbocycles. The lowest BCUT2D eigenvalue weighted by molar-refractivity contribution is 0.0600. The molecule has 0 fully saturated rings. The number of halogens is 1. The Morgan fingerprint density at radius 2 is 2.25 bits per heavy atom. The Hall–Kier alpha value is -1.18. The van der Waals surface area contributed by atoms with E-state index >= 15 is 0 Å². The molecule has 0 saturated heterocycles. The second-order valence-electron chi connectivity index (χ2n) is 2.74. The first-order chi connectivity index (χ1) is 7.45. The maximum Gasteiger partial charge on any atom is 0.338 e. The monoisotopic (exact) mass is 263 g/mol. The lowest BCUT2D eigenvalue weighted by atomic mass is 10.2. The predicted molar refractivity (Wildman–Crippen MR) is 57.9 cm³/mol. The van der Waals surface area contributed by atoms with Gasteiger partial charge in [-0.05, 0) is 12.1 Å². The number of esters is 1. The van der Waals surface area contributed by atoms with Crippen molar-refractivity contribution in [2.24, 2.45) is 0 Å². The Bertz CT molecular complexity index is 440. The molecule has 0 aliphatic rings. The number of aromatic nitrogens is 1. The van der Waals surface area contributed by atoms with Crippen LogP contribution in [0.1, 0.15) is 10.4 Å². The molecular weight excluding hydrogens is 256 g/mol. The van der Waals surface area contributed by atoms with E-state index in [0.29, 0.717) is 0 Å². The first-order valence-electron chi connectivity index (χ1n) is 4.04. The molecule has 0 amide bonds. The molecule has 1 atom stereocenters. The Balaban J connectivity index is 3.17. The Morgan fingerprint density at radius 1 is 1.62 bits per heavy atom.